The number of amides is 1. The van der Waals surface area contributed by atoms with E-state index in [-0.39, 0.29) is 11.3 Å². The molecule has 6 heteroatoms. The van der Waals surface area contributed by atoms with Crippen molar-refractivity contribution in [1.82, 2.24) is 9.80 Å². The molecule has 1 amide bonds. The minimum absolute atomic E-state index is 0.127. The van der Waals surface area contributed by atoms with Crippen LogP contribution in [0.3, 0.4) is 0 Å². The van der Waals surface area contributed by atoms with Crippen LogP contribution in [0.4, 0.5) is 0 Å². The van der Waals surface area contributed by atoms with Gasteiger partial charge in [0.15, 0.2) is 0 Å². The Morgan fingerprint density at radius 1 is 1.09 bits per heavy atom. The summed E-state index contributed by atoms with van der Waals surface area (Å²) in [7, 11) is 3.84. The standard InChI is InChI=1S/C27H34N2O4/c1-6-7-16-33-22-13-12-21(17-19(22)3)25(30)23-24(20-10-8-18(2)9-11-20)29(15-14-28(4)5)27(32)26(23)31/h8-13,17,24,30H,6-7,14-16H2,1-5H3. The molecule has 176 valence electrons. The van der Waals surface area contributed by atoms with Crippen LogP contribution in [0, 0.1) is 13.8 Å². The van der Waals surface area contributed by atoms with Gasteiger partial charge in [-0.3, -0.25) is 9.59 Å². The first-order valence-corrected chi connectivity index (χ1v) is 11.5. The number of ketones is 1. The third-order valence-electron chi connectivity index (χ3n) is 5.92. The zero-order valence-electron chi connectivity index (χ0n) is 20.2. The SMILES string of the molecule is CCCCOc1ccc(C(O)=C2C(=O)C(=O)N(CCN(C)C)C2c2ccc(C)cc2)cc1C. The number of aliphatic hydroxyl groups is 1. The minimum Gasteiger partial charge on any atom is -0.507 e. The average molecular weight is 451 g/mol. The van der Waals surface area contributed by atoms with Gasteiger partial charge in [0.2, 0.25) is 0 Å². The molecule has 1 aliphatic heterocycles. The smallest absolute Gasteiger partial charge is 0.295 e. The Morgan fingerprint density at radius 2 is 1.79 bits per heavy atom. The van der Waals surface area contributed by atoms with Gasteiger partial charge in [-0.25, -0.2) is 0 Å². The van der Waals surface area contributed by atoms with Crippen LogP contribution in [0.5, 0.6) is 5.75 Å². The molecule has 0 bridgehead atoms. The van der Waals surface area contributed by atoms with Gasteiger partial charge in [-0.15, -0.1) is 0 Å². The van der Waals surface area contributed by atoms with E-state index in [4.69, 9.17) is 4.74 Å². The maximum Gasteiger partial charge on any atom is 0.295 e. The summed E-state index contributed by atoms with van der Waals surface area (Å²) in [5.41, 5.74) is 3.37. The zero-order valence-corrected chi connectivity index (χ0v) is 20.2. The lowest BCUT2D eigenvalue weighted by Crippen LogP contribution is -2.35. The van der Waals surface area contributed by atoms with Crippen molar-refractivity contribution in [2.75, 3.05) is 33.8 Å². The number of ether oxygens (including phenoxy) is 1. The van der Waals surface area contributed by atoms with E-state index in [1.165, 1.54) is 0 Å². The fraction of sp³-hybridized carbons (Fsp3) is 0.407. The van der Waals surface area contributed by atoms with Crippen molar-refractivity contribution >= 4 is 17.4 Å². The predicted octanol–water partition coefficient (Wildman–Crippen LogP) is 4.47. The number of carbonyl (C=O) groups excluding carboxylic acids is 2. The predicted molar refractivity (Wildman–Crippen MR) is 130 cm³/mol. The van der Waals surface area contributed by atoms with Crippen molar-refractivity contribution in [2.45, 2.75) is 39.7 Å². The number of nitrogens with zero attached hydrogens (tertiary/aromatic N) is 2. The van der Waals surface area contributed by atoms with Crippen LogP contribution in [-0.2, 0) is 9.59 Å². The van der Waals surface area contributed by atoms with E-state index in [1.807, 2.05) is 63.2 Å². The topological polar surface area (TPSA) is 70.1 Å². The largest absolute Gasteiger partial charge is 0.507 e. The second-order valence-corrected chi connectivity index (χ2v) is 8.89. The monoisotopic (exact) mass is 450 g/mol. The molecule has 1 unspecified atom stereocenters. The highest BCUT2D eigenvalue weighted by Crippen LogP contribution is 2.39. The Bertz CT molecular complexity index is 1040. The molecule has 1 atom stereocenters. The molecule has 1 saturated heterocycles. The molecular formula is C27H34N2O4. The fourth-order valence-corrected chi connectivity index (χ4v) is 3.95. The van der Waals surface area contributed by atoms with E-state index in [0.29, 0.717) is 25.3 Å². The van der Waals surface area contributed by atoms with Gasteiger partial charge in [0.1, 0.15) is 11.5 Å². The molecule has 1 N–H and O–H groups in total. The van der Waals surface area contributed by atoms with Crippen molar-refractivity contribution in [2.24, 2.45) is 0 Å². The van der Waals surface area contributed by atoms with Crippen LogP contribution in [0.2, 0.25) is 0 Å². The van der Waals surface area contributed by atoms with Gasteiger partial charge in [-0.1, -0.05) is 43.2 Å². The summed E-state index contributed by atoms with van der Waals surface area (Å²) < 4.78 is 5.82. The summed E-state index contributed by atoms with van der Waals surface area (Å²) in [6.45, 7) is 7.63. The number of hydrogen-bond donors (Lipinski definition) is 1. The number of Topliss-reactive ketones (excluding diaryl/α,β-unsaturated/α-hetero) is 1. The van der Waals surface area contributed by atoms with Crippen molar-refractivity contribution in [1.29, 1.82) is 0 Å². The summed E-state index contributed by atoms with van der Waals surface area (Å²) in [4.78, 5) is 29.6. The molecule has 6 nitrogen and oxygen atoms in total. The number of hydrogen-bond acceptors (Lipinski definition) is 5. The molecule has 0 aliphatic carbocycles. The number of aliphatic hydroxyl groups excluding tert-OH is 1. The maximum absolute atomic E-state index is 13.1. The lowest BCUT2D eigenvalue weighted by molar-refractivity contribution is -0.140. The van der Waals surface area contributed by atoms with Gasteiger partial charge in [0, 0.05) is 18.7 Å². The number of unbranched alkanes of at least 4 members (excludes halogenated alkanes) is 1. The lowest BCUT2D eigenvalue weighted by Gasteiger charge is -2.26. The molecule has 2 aromatic carbocycles. The number of likely N-dealkylation sites (tertiary alicyclic amines) is 1. The highest BCUT2D eigenvalue weighted by Gasteiger charge is 2.45. The van der Waals surface area contributed by atoms with E-state index in [9.17, 15) is 14.7 Å². The number of carbonyl (C=O) groups is 2. The average Bonchev–Trinajstić information content (AvgIpc) is 3.03. The molecule has 0 spiro atoms. The highest BCUT2D eigenvalue weighted by molar-refractivity contribution is 6.46. The second-order valence-electron chi connectivity index (χ2n) is 8.89. The first kappa shape index (κ1) is 24.5. The normalized spacial score (nSPS) is 17.8. The number of aryl methyl sites for hydroxylation is 2. The van der Waals surface area contributed by atoms with Gasteiger partial charge in [-0.05, 0) is 63.7 Å². The van der Waals surface area contributed by atoms with Gasteiger partial charge >= 0.3 is 0 Å². The second kappa shape index (κ2) is 10.7. The summed E-state index contributed by atoms with van der Waals surface area (Å²) in [6.07, 6.45) is 2.01. The third kappa shape index (κ3) is 5.45. The molecular weight excluding hydrogens is 416 g/mol. The Hall–Kier alpha value is -3.12. The molecule has 0 radical (unpaired) electrons. The molecule has 0 aromatic heterocycles. The zero-order chi connectivity index (χ0) is 24.1. The van der Waals surface area contributed by atoms with Gasteiger partial charge < -0.3 is 19.6 Å². The molecule has 1 aliphatic rings. The minimum atomic E-state index is -0.655. The van der Waals surface area contributed by atoms with Crippen molar-refractivity contribution in [3.63, 3.8) is 0 Å². The molecule has 0 saturated carbocycles. The summed E-state index contributed by atoms with van der Waals surface area (Å²) in [5, 5.41) is 11.2. The summed E-state index contributed by atoms with van der Waals surface area (Å²) in [5.74, 6) is -0.644. The Labute approximate surface area is 196 Å². The van der Waals surface area contributed by atoms with Crippen molar-refractivity contribution in [3.05, 3.63) is 70.3 Å². The highest BCUT2D eigenvalue weighted by atomic mass is 16.5. The molecule has 2 aromatic rings. The van der Waals surface area contributed by atoms with Gasteiger partial charge in [0.05, 0.1) is 18.2 Å². The van der Waals surface area contributed by atoms with Crippen LogP contribution in [0.15, 0.2) is 48.0 Å². The van der Waals surface area contributed by atoms with Gasteiger partial charge in [-0.2, -0.15) is 0 Å². The number of benzene rings is 2. The quantitative estimate of drug-likeness (QED) is 0.264. The molecule has 33 heavy (non-hydrogen) atoms. The number of rotatable bonds is 9. The van der Waals surface area contributed by atoms with Crippen LogP contribution in [0.25, 0.3) is 5.76 Å². The fourth-order valence-electron chi connectivity index (χ4n) is 3.95. The number of likely N-dealkylation sites (N-methyl/N-ethyl adjacent to an activating group) is 1. The van der Waals surface area contributed by atoms with E-state index in [0.717, 1.165) is 35.3 Å². The van der Waals surface area contributed by atoms with Crippen LogP contribution < -0.4 is 4.74 Å². The lowest BCUT2D eigenvalue weighted by atomic mass is 9.94. The van der Waals surface area contributed by atoms with E-state index >= 15 is 0 Å². The molecule has 1 heterocycles. The van der Waals surface area contributed by atoms with E-state index < -0.39 is 17.7 Å². The van der Waals surface area contributed by atoms with Crippen molar-refractivity contribution < 1.29 is 19.4 Å². The van der Waals surface area contributed by atoms with E-state index in [2.05, 4.69) is 6.92 Å². The summed E-state index contributed by atoms with van der Waals surface area (Å²) in [6, 6.07) is 12.4. The molecule has 3 rings (SSSR count). The van der Waals surface area contributed by atoms with E-state index in [1.54, 1.807) is 17.0 Å². The van der Waals surface area contributed by atoms with Gasteiger partial charge in [0.25, 0.3) is 11.7 Å². The molecule has 1 fully saturated rings. The third-order valence-corrected chi connectivity index (χ3v) is 5.92. The van der Waals surface area contributed by atoms with Crippen LogP contribution in [0.1, 0.15) is 48.1 Å². The van der Waals surface area contributed by atoms with Crippen LogP contribution in [-0.4, -0.2) is 60.4 Å². The summed E-state index contributed by atoms with van der Waals surface area (Å²) >= 11 is 0. The first-order chi connectivity index (χ1) is 15.7. The Kier molecular flexibility index (Phi) is 7.92. The Morgan fingerprint density at radius 3 is 2.39 bits per heavy atom. The van der Waals surface area contributed by atoms with Crippen LogP contribution >= 0.6 is 0 Å². The Balaban J connectivity index is 2.04. The maximum atomic E-state index is 13.1. The first-order valence-electron chi connectivity index (χ1n) is 11.5. The van der Waals surface area contributed by atoms with Crippen molar-refractivity contribution in [3.8, 4) is 5.75 Å².